The fourth-order valence-corrected chi connectivity index (χ4v) is 12.2. The normalized spacial score (nSPS) is 15.6. The molecule has 70 heavy (non-hydrogen) atoms. The van der Waals surface area contributed by atoms with E-state index in [-0.39, 0.29) is 84.7 Å². The predicted octanol–water partition coefficient (Wildman–Crippen LogP) is 1.04. The highest BCUT2D eigenvalue weighted by molar-refractivity contribution is 6.03. The van der Waals surface area contributed by atoms with E-state index in [1.807, 2.05) is 27.2 Å². The Hall–Kier alpha value is -11.0. The number of imidazole rings is 4. The van der Waals surface area contributed by atoms with Crippen LogP contribution >= 0.6 is 0 Å². The van der Waals surface area contributed by atoms with Gasteiger partial charge in [-0.05, 0) is 36.7 Å². The van der Waals surface area contributed by atoms with Crippen LogP contribution in [0.2, 0.25) is 0 Å². The molecule has 1 atom stereocenters. The molecule has 16 heterocycles. The van der Waals surface area contributed by atoms with E-state index in [4.69, 9.17) is 33.1 Å². The first-order valence-electron chi connectivity index (χ1n) is 21.2. The highest BCUT2D eigenvalue weighted by atomic mass is 16.4. The first kappa shape index (κ1) is 36.3. The van der Waals surface area contributed by atoms with Crippen molar-refractivity contribution in [2.75, 3.05) is 0 Å². The molecule has 330 valence electrons. The number of aromatic nitrogens is 12. The molecule has 0 fully saturated rings. The molecule has 0 unspecified atom stereocenters. The maximum atomic E-state index is 13.0. The summed E-state index contributed by atoms with van der Waals surface area (Å²) >= 11 is 0. The smallest absolute Gasteiger partial charge is 0.405 e. The summed E-state index contributed by atoms with van der Waals surface area (Å²) < 4.78 is 20.7. The van der Waals surface area contributed by atoms with E-state index in [2.05, 4.69) is 21.8 Å². The van der Waals surface area contributed by atoms with Crippen LogP contribution < -0.4 is 31.1 Å². The largest absolute Gasteiger partial charge is 0.480 e. The standard InChI is InChI=1S/C44H18N20O6/c1-47-19-6-10-56-27-30(59(42(19)56)15-22(67)68)39-52-36-28-31(60(16-23(69)70)43-20(48-2)7-11-57(28)43)38-51-34-26-29(58(14-21(65)66)41-18(13-46)5-9-55(26)41)37-50-33-25-24(53(3)40-17(12-45)4-8-54(25)40)32-49-35(27)63(39)44(61(32)33,62(34)37)64(36)38/h4-11H,14-16H2,3H3,(H-2,65,66,67,68,69,70)/p+2/t44-/m0/s1. The van der Waals surface area contributed by atoms with Gasteiger partial charge in [-0.3, -0.25) is 23.2 Å². The molecule has 0 saturated heterocycles. The average Bonchev–Trinajstić information content (AvgIpc) is 4.18. The van der Waals surface area contributed by atoms with E-state index in [1.54, 1.807) is 69.3 Å². The Balaban J connectivity index is 1.28. The molecule has 0 bridgehead atoms. The Morgan fingerprint density at radius 1 is 0.586 bits per heavy atom. The zero-order valence-electron chi connectivity index (χ0n) is 35.3. The van der Waals surface area contributed by atoms with Crippen molar-refractivity contribution >= 4 is 119 Å². The lowest BCUT2D eigenvalue weighted by Gasteiger charge is -2.37. The quantitative estimate of drug-likeness (QED) is 0.160. The molecule has 4 aliphatic rings. The first-order valence-corrected chi connectivity index (χ1v) is 21.2. The molecule has 26 heteroatoms. The van der Waals surface area contributed by atoms with Gasteiger partial charge in [0.15, 0.2) is 22.1 Å². The van der Waals surface area contributed by atoms with Crippen molar-refractivity contribution < 1.29 is 38.8 Å². The van der Waals surface area contributed by atoms with Gasteiger partial charge >= 0.3 is 23.8 Å². The van der Waals surface area contributed by atoms with E-state index in [0.717, 1.165) is 0 Å². The number of nitrogens with zero attached hydrogens (tertiary/aromatic N) is 20. The van der Waals surface area contributed by atoms with Crippen LogP contribution in [0.4, 0.5) is 34.6 Å². The van der Waals surface area contributed by atoms with Crippen molar-refractivity contribution in [1.82, 2.24) is 45.0 Å². The molecule has 12 aromatic rings. The van der Waals surface area contributed by atoms with Crippen LogP contribution in [0.15, 0.2) is 69.0 Å². The summed E-state index contributed by atoms with van der Waals surface area (Å²) in [6.07, 6.45) is 6.72. The zero-order chi connectivity index (χ0) is 47.5. The molecule has 1 spiro atoms. The Bertz CT molecular complexity index is 5220. The van der Waals surface area contributed by atoms with Gasteiger partial charge in [0.2, 0.25) is 34.0 Å². The second-order valence-corrected chi connectivity index (χ2v) is 17.3. The summed E-state index contributed by atoms with van der Waals surface area (Å²) in [6.45, 7) is 14.4. The number of aryl methyl sites for hydroxylation is 1. The fraction of sp³-hybridized carbons (Fsp3) is 0.114. The molecule has 0 amide bonds. The second-order valence-electron chi connectivity index (χ2n) is 17.3. The monoisotopic (exact) mass is 924 g/mol. The van der Waals surface area contributed by atoms with Crippen LogP contribution in [0.25, 0.3) is 76.4 Å². The maximum absolute atomic E-state index is 13.0. The van der Waals surface area contributed by atoms with E-state index >= 15 is 0 Å². The Kier molecular flexibility index (Phi) is 5.69. The van der Waals surface area contributed by atoms with Crippen LogP contribution in [0.5, 0.6) is 0 Å². The SMILES string of the molecule is [C-]#[N+]c1ccn2c3c4n5c(c3n(CC(=O)O)c12)N=c1c2c(c3[n+]1[C@]51n5c(c6c(c5=N3)n3ccc(C#N)c3n6C)=Nc3c5c(c([n+]31)=N4)n(CC(=O)O)c1c([N+]#[C-])ccn51)n(CC(=O)O)c1c(C#N)ccn21. The molecule has 4 aliphatic heterocycles. The zero-order valence-corrected chi connectivity index (χ0v) is 35.3. The molecule has 0 radical (unpaired) electrons. The summed E-state index contributed by atoms with van der Waals surface area (Å²) in [5.74, 6) is -4.63. The van der Waals surface area contributed by atoms with Crippen molar-refractivity contribution in [3.05, 3.63) is 105 Å². The first-order chi connectivity index (χ1) is 34.0. The van der Waals surface area contributed by atoms with Crippen molar-refractivity contribution in [3.8, 4) is 12.1 Å². The van der Waals surface area contributed by atoms with Crippen LogP contribution in [0.1, 0.15) is 11.1 Å². The van der Waals surface area contributed by atoms with Gasteiger partial charge in [0.05, 0.1) is 24.3 Å². The Morgan fingerprint density at radius 3 is 1.64 bits per heavy atom. The number of hydrogen-bond acceptors (Lipinski definition) is 9. The Labute approximate surface area is 382 Å². The highest BCUT2D eigenvalue weighted by Gasteiger charge is 2.66. The molecule has 26 nitrogen and oxygen atoms in total. The Morgan fingerprint density at radius 2 is 1.06 bits per heavy atom. The summed E-state index contributed by atoms with van der Waals surface area (Å²) in [6, 6.07) is 10.9. The third-order valence-electron chi connectivity index (χ3n) is 14.3. The van der Waals surface area contributed by atoms with E-state index in [0.29, 0.717) is 49.8 Å². The van der Waals surface area contributed by atoms with E-state index in [9.17, 15) is 40.2 Å². The maximum Gasteiger partial charge on any atom is 0.405 e. The molecule has 0 saturated carbocycles. The molecule has 3 N–H and O–H groups in total. The number of carboxylic acid groups (broad SMARTS) is 3. The van der Waals surface area contributed by atoms with Gasteiger partial charge in [0.25, 0.3) is 22.6 Å². The number of fused-ring (bicyclic) bond motifs is 20. The topological polar surface area (TPSA) is 273 Å². The number of carboxylic acids is 3. The fourth-order valence-electron chi connectivity index (χ4n) is 12.2. The van der Waals surface area contributed by atoms with Crippen molar-refractivity contribution in [2.24, 2.45) is 27.0 Å². The molecular formula is C44H20N20O6+2. The number of aliphatic carboxylic acids is 3. The number of nitriles is 2. The van der Waals surface area contributed by atoms with Gasteiger partial charge in [-0.1, -0.05) is 20.0 Å². The summed E-state index contributed by atoms with van der Waals surface area (Å²) in [5.41, 5.74) is 6.14. The van der Waals surface area contributed by atoms with Gasteiger partial charge in [0, 0.05) is 19.4 Å². The van der Waals surface area contributed by atoms with Crippen LogP contribution in [-0.4, -0.2) is 78.2 Å². The average molecular weight is 925 g/mol. The van der Waals surface area contributed by atoms with Crippen molar-refractivity contribution in [1.29, 1.82) is 10.5 Å². The van der Waals surface area contributed by atoms with E-state index < -0.39 is 43.5 Å². The minimum absolute atomic E-state index is 0.150. The van der Waals surface area contributed by atoms with Gasteiger partial charge in [-0.15, -0.1) is 9.13 Å². The van der Waals surface area contributed by atoms with Gasteiger partial charge < -0.3 is 42.4 Å². The molecule has 12 aromatic heterocycles. The van der Waals surface area contributed by atoms with E-state index in [1.165, 1.54) is 13.7 Å². The summed E-state index contributed by atoms with van der Waals surface area (Å²) in [5, 5.41) is 52.5. The minimum Gasteiger partial charge on any atom is -0.480 e. The molecule has 16 rings (SSSR count). The van der Waals surface area contributed by atoms with Crippen molar-refractivity contribution in [3.63, 3.8) is 0 Å². The predicted molar refractivity (Wildman–Crippen MR) is 232 cm³/mol. The lowest BCUT2D eigenvalue weighted by atomic mass is 10.3. The molecule has 0 aliphatic carbocycles. The molecule has 0 aromatic carbocycles. The summed E-state index contributed by atoms with van der Waals surface area (Å²) in [4.78, 5) is 68.2. The second kappa shape index (κ2) is 11.0. The summed E-state index contributed by atoms with van der Waals surface area (Å²) in [7, 11) is 1.80. The highest BCUT2D eigenvalue weighted by Crippen LogP contribution is 2.49. The minimum atomic E-state index is -1.84. The third kappa shape index (κ3) is 3.41. The van der Waals surface area contributed by atoms with Crippen LogP contribution in [-0.2, 0) is 47.0 Å². The molecular weight excluding hydrogens is 905 g/mol. The number of hydrogen-bond donors (Lipinski definition) is 3. The van der Waals surface area contributed by atoms with Gasteiger partial charge in [-0.2, -0.15) is 19.7 Å². The lowest BCUT2D eigenvalue weighted by molar-refractivity contribution is -1.01. The number of rotatable bonds is 6. The van der Waals surface area contributed by atoms with Crippen molar-refractivity contribution in [2.45, 2.75) is 25.5 Å². The third-order valence-corrected chi connectivity index (χ3v) is 14.3. The lowest BCUT2D eigenvalue weighted by Crippen LogP contribution is -2.92. The van der Waals surface area contributed by atoms with Crippen LogP contribution in [0.3, 0.4) is 0 Å². The van der Waals surface area contributed by atoms with Gasteiger partial charge in [0.1, 0.15) is 76.4 Å². The van der Waals surface area contributed by atoms with Gasteiger partial charge in [-0.25, -0.2) is 9.69 Å². The number of carbonyl (C=O) groups is 3. The van der Waals surface area contributed by atoms with Crippen LogP contribution in [0, 0.1) is 35.8 Å².